The number of non-ortho nitro benzene ring substituents is 1. The van der Waals surface area contributed by atoms with Crippen LogP contribution in [0.4, 0.5) is 80.4 Å². The molecular weight excluding hydrogens is 1570 g/mol. The van der Waals surface area contributed by atoms with E-state index in [4.69, 9.17) is 4.74 Å². The molecule has 0 amide bonds. The summed E-state index contributed by atoms with van der Waals surface area (Å²) >= 11 is 1.92. The largest absolute Gasteiger partial charge is 0.493 e. The lowest BCUT2D eigenvalue weighted by molar-refractivity contribution is -0.385. The molecule has 0 bridgehead atoms. The van der Waals surface area contributed by atoms with Crippen LogP contribution in [0.1, 0.15) is 41.5 Å². The van der Waals surface area contributed by atoms with Crippen LogP contribution < -0.4 is 20.7 Å². The topological polar surface area (TPSA) is 614 Å². The third-order valence-corrected chi connectivity index (χ3v) is 21.6. The van der Waals surface area contributed by atoms with Crippen molar-refractivity contribution in [3.05, 3.63) is 135 Å². The summed E-state index contributed by atoms with van der Waals surface area (Å²) in [7, 11) is -28.0. The number of ether oxygens (including phenoxy) is 1. The normalized spacial score (nSPS) is 12.7. The van der Waals surface area contributed by atoms with E-state index >= 15 is 0 Å². The van der Waals surface area contributed by atoms with Crippen molar-refractivity contribution in [3.8, 4) is 17.7 Å². The number of para-hydroxylation sites is 2. The van der Waals surface area contributed by atoms with Crippen LogP contribution in [0.2, 0.25) is 0 Å². The second kappa shape index (κ2) is 33.7. The van der Waals surface area contributed by atoms with Crippen molar-refractivity contribution in [2.45, 2.75) is 59.6 Å². The van der Waals surface area contributed by atoms with Gasteiger partial charge in [0.25, 0.3) is 66.4 Å². The van der Waals surface area contributed by atoms with E-state index in [-0.39, 0.29) is 138 Å². The molecule has 107 heavy (non-hydrogen) atoms. The fraction of sp³-hybridized carbons (Fsp3) is 0.237. The Morgan fingerprint density at radius 1 is 0.561 bits per heavy atom. The minimum atomic E-state index is -5.13. The molecule has 0 unspecified atom stereocenters. The Bertz CT molecular complexity index is 5910. The predicted octanol–water partition coefficient (Wildman–Crippen LogP) is 12.4. The van der Waals surface area contributed by atoms with Gasteiger partial charge in [-0.05, 0) is 129 Å². The zero-order valence-electron chi connectivity index (χ0n) is 55.3. The molecular formula is C59H58N18O22S8. The number of azo groups is 4. The van der Waals surface area contributed by atoms with Crippen molar-refractivity contribution in [2.75, 3.05) is 63.6 Å². The maximum atomic E-state index is 12.4. The minimum absolute atomic E-state index is 0.000215. The number of aryl methyl sites for hydroxylation is 2. The highest BCUT2D eigenvalue weighted by molar-refractivity contribution is 7.99. The van der Waals surface area contributed by atoms with E-state index < -0.39 is 128 Å². The van der Waals surface area contributed by atoms with E-state index in [2.05, 4.69) is 82.9 Å². The Hall–Kier alpha value is -10.3. The molecule has 3 aromatic heterocycles. The van der Waals surface area contributed by atoms with E-state index in [1.54, 1.807) is 31.2 Å². The molecule has 0 aliphatic rings. The van der Waals surface area contributed by atoms with Gasteiger partial charge in [0.2, 0.25) is 23.7 Å². The highest BCUT2D eigenvalue weighted by Crippen LogP contribution is 2.46. The number of nitro groups is 1. The van der Waals surface area contributed by atoms with Crippen molar-refractivity contribution in [3.63, 3.8) is 0 Å². The number of nitrogens with one attached hydrogen (secondary N) is 3. The first-order valence-electron chi connectivity index (χ1n) is 30.4. The third-order valence-electron chi connectivity index (χ3n) is 14.5. The van der Waals surface area contributed by atoms with Gasteiger partial charge in [0.15, 0.2) is 11.3 Å². The molecule has 10 N–H and O–H groups in total. The molecule has 9 rings (SSSR count). The smallest absolute Gasteiger partial charge is 0.297 e. The van der Waals surface area contributed by atoms with Gasteiger partial charge in [-0.3, -0.25) is 41.8 Å². The van der Waals surface area contributed by atoms with Crippen LogP contribution >= 0.6 is 23.5 Å². The summed E-state index contributed by atoms with van der Waals surface area (Å²) in [4.78, 5) is 27.0. The molecule has 0 saturated heterocycles. The monoisotopic (exact) mass is 1630 g/mol. The van der Waals surface area contributed by atoms with Gasteiger partial charge in [-0.2, -0.15) is 80.9 Å². The summed E-state index contributed by atoms with van der Waals surface area (Å²) in [6.07, 6.45) is -0.567. The maximum absolute atomic E-state index is 12.4. The van der Waals surface area contributed by atoms with E-state index in [0.717, 1.165) is 47.8 Å². The Balaban J connectivity index is 1.22. The summed E-state index contributed by atoms with van der Waals surface area (Å²) in [5.41, 5.74) is 0.0603. The van der Waals surface area contributed by atoms with Crippen molar-refractivity contribution in [2.24, 2.45) is 40.9 Å². The number of hydrogen-bond donors (Lipinski definition) is 10. The number of nitriles is 1. The van der Waals surface area contributed by atoms with Gasteiger partial charge in [-0.25, -0.2) is 4.98 Å². The molecule has 0 spiro atoms. The fourth-order valence-corrected chi connectivity index (χ4v) is 14.8. The van der Waals surface area contributed by atoms with Crippen molar-refractivity contribution in [1.29, 1.82) is 5.26 Å². The standard InChI is InChI=1S/C59H58N18O22S8/c1-33-24-46(72-75-54-35(3)39(32-60)55-63-40-12-4-5-13-49(40)76(55)56(54)78)50(99-17-7-20-102(81,82)83)29-42(33)69-74-48-28-44(64-59-66-57(61-16-23-105(90,91)92)65-58(67-59)62-36-10-6-11-38(26-36)106(93,94)95)45(31-52(48)101-19-9-22-104(87,88)89)71-73-47-25-34(2)43(30-51(47)100-18-8-21-103(84,85)86)70-68-41-15-14-37(77(79)80)27-53(41)107(96,97)98/h4-6,10-15,24-31,78H,7-9,16-23H2,1-3H3,(H,81,82,83)(H,84,85,86)(H,87,88,89)(H,90,91,92)(H,93,94,95)(H,96,97,98)(H3,61,62,64,65,66,67). The molecule has 0 atom stereocenters. The Morgan fingerprint density at radius 3 is 1.71 bits per heavy atom. The number of nitro benzene ring substituents is 1. The first kappa shape index (κ1) is 80.8. The first-order valence-corrected chi connectivity index (χ1v) is 41.7. The van der Waals surface area contributed by atoms with Crippen molar-refractivity contribution in [1.82, 2.24) is 24.3 Å². The molecule has 0 radical (unpaired) electrons. The average Bonchev–Trinajstić information content (AvgIpc) is 1.60. The van der Waals surface area contributed by atoms with Gasteiger partial charge in [-0.1, -0.05) is 18.2 Å². The quantitative estimate of drug-likeness (QED) is 0.00447. The second-order valence-corrected chi connectivity index (χ2v) is 33.9. The summed E-state index contributed by atoms with van der Waals surface area (Å²) < 4.78 is 210. The van der Waals surface area contributed by atoms with Crippen LogP contribution in [0, 0.1) is 42.2 Å². The van der Waals surface area contributed by atoms with Gasteiger partial charge in [-0.15, -0.1) is 54.2 Å². The number of rotatable bonds is 34. The zero-order chi connectivity index (χ0) is 78.0. The van der Waals surface area contributed by atoms with Crippen LogP contribution in [0.15, 0.2) is 164 Å². The number of pyridine rings is 1. The Labute approximate surface area is 616 Å². The van der Waals surface area contributed by atoms with Gasteiger partial charge < -0.3 is 25.8 Å². The summed E-state index contributed by atoms with van der Waals surface area (Å²) in [6.45, 7) is 3.72. The van der Waals surface area contributed by atoms with E-state index in [0.29, 0.717) is 22.7 Å². The number of nitrogens with zero attached hydrogens (tertiary/aromatic N) is 15. The molecule has 6 aromatic carbocycles. The van der Waals surface area contributed by atoms with E-state index in [1.165, 1.54) is 66.8 Å². The Morgan fingerprint density at radius 2 is 1.10 bits per heavy atom. The van der Waals surface area contributed by atoms with Gasteiger partial charge in [0, 0.05) is 45.8 Å². The molecule has 0 aliphatic heterocycles. The van der Waals surface area contributed by atoms with Crippen LogP contribution in [-0.4, -0.2) is 160 Å². The minimum Gasteiger partial charge on any atom is -0.493 e. The van der Waals surface area contributed by atoms with Crippen LogP contribution in [0.5, 0.6) is 11.6 Å². The number of anilines is 5. The van der Waals surface area contributed by atoms with Crippen molar-refractivity contribution >= 4 is 181 Å². The maximum Gasteiger partial charge on any atom is 0.297 e. The fourth-order valence-electron chi connectivity index (χ4n) is 9.53. The third kappa shape index (κ3) is 22.6. The van der Waals surface area contributed by atoms with Gasteiger partial charge >= 0.3 is 0 Å². The van der Waals surface area contributed by atoms with Crippen LogP contribution in [-0.2, 0) is 60.7 Å². The highest BCUT2D eigenvalue weighted by Gasteiger charge is 2.25. The highest BCUT2D eigenvalue weighted by atomic mass is 32.2. The lowest BCUT2D eigenvalue weighted by atomic mass is 10.1. The molecule has 48 heteroatoms. The average molecular weight is 1630 g/mol. The molecule has 564 valence electrons. The SMILES string of the molecule is Cc1cc(N=Nc2c(C)c(C#N)c3nc4ccccc4n3c2O)c(OCCCS(=O)(=O)O)cc1N=Nc1cc(Nc2nc(NCCS(=O)(=O)O)nc(Nc3cccc(S(=O)(=O)O)c3)n2)c(N=Nc2cc(C)c(N=Nc3ccc([N+](=O)[O-])cc3S(=O)(=O)O)cc2SCCCS(=O)(=O)O)cc1SCCCS(=O)(=O)O. The predicted molar refractivity (Wildman–Crippen MR) is 390 cm³/mol. The van der Waals surface area contributed by atoms with Crippen molar-refractivity contribution < 1.29 is 92.6 Å². The van der Waals surface area contributed by atoms with Gasteiger partial charge in [0.05, 0.1) is 73.2 Å². The number of benzene rings is 6. The van der Waals surface area contributed by atoms with Gasteiger partial charge in [0.1, 0.15) is 45.0 Å². The molecule has 40 nitrogen and oxygen atoms in total. The number of aromatic hydroxyl groups is 1. The first-order chi connectivity index (χ1) is 50.2. The van der Waals surface area contributed by atoms with Crippen LogP contribution in [0.3, 0.4) is 0 Å². The number of thioether (sulfide) groups is 2. The molecule has 0 aliphatic carbocycles. The molecule has 0 fully saturated rings. The second-order valence-electron chi connectivity index (χ2n) is 22.5. The summed E-state index contributed by atoms with van der Waals surface area (Å²) in [6, 6.07) is 24.2. The molecule has 0 saturated carbocycles. The van der Waals surface area contributed by atoms with Crippen LogP contribution in [0.25, 0.3) is 16.7 Å². The van der Waals surface area contributed by atoms with E-state index in [9.17, 15) is 98.3 Å². The zero-order valence-corrected chi connectivity index (χ0v) is 61.9. The lowest BCUT2D eigenvalue weighted by Crippen LogP contribution is -2.17. The molecule has 9 aromatic rings. The number of aromatic nitrogens is 5. The number of hydrogen-bond acceptors (Lipinski definition) is 34. The van der Waals surface area contributed by atoms with E-state index in [1.807, 2.05) is 0 Å². The lowest BCUT2D eigenvalue weighted by Gasteiger charge is -2.15. The Kier molecular flexibility index (Phi) is 25.4. The summed E-state index contributed by atoms with van der Waals surface area (Å²) in [5, 5.41) is 77.1. The number of imidazole rings is 1. The summed E-state index contributed by atoms with van der Waals surface area (Å²) in [5.74, 6) is -4.84. The molecule has 3 heterocycles. The number of fused-ring (bicyclic) bond motifs is 3.